The molecule has 0 amide bonds. The van der Waals surface area contributed by atoms with E-state index in [1.54, 1.807) is 19.1 Å². The van der Waals surface area contributed by atoms with Crippen LogP contribution in [0.15, 0.2) is 16.6 Å². The quantitative estimate of drug-likeness (QED) is 0.801. The van der Waals surface area contributed by atoms with Gasteiger partial charge in [0, 0.05) is 15.7 Å². The molecule has 4 heteroatoms. The van der Waals surface area contributed by atoms with Gasteiger partial charge in [-0.15, -0.1) is 0 Å². The van der Waals surface area contributed by atoms with Gasteiger partial charge in [-0.3, -0.25) is 0 Å². The van der Waals surface area contributed by atoms with Crippen LogP contribution in [0.5, 0.6) is 0 Å². The average Bonchev–Trinajstić information content (AvgIpc) is 2.10. The molecule has 1 rings (SSSR count). The van der Waals surface area contributed by atoms with Crippen molar-refractivity contribution >= 4 is 33.2 Å². The van der Waals surface area contributed by atoms with Crippen molar-refractivity contribution in [1.29, 1.82) is 0 Å². The first kappa shape index (κ1) is 10.8. The predicted molar refractivity (Wildman–Crippen MR) is 57.7 cm³/mol. The molecule has 0 aliphatic heterocycles. The van der Waals surface area contributed by atoms with E-state index in [0.29, 0.717) is 27.2 Å². The van der Waals surface area contributed by atoms with Crippen molar-refractivity contribution in [3.05, 3.63) is 27.2 Å². The van der Waals surface area contributed by atoms with Crippen LogP contribution in [0.1, 0.15) is 25.1 Å². The molecule has 1 aromatic carbocycles. The Kier molecular flexibility index (Phi) is 3.56. The van der Waals surface area contributed by atoms with Crippen molar-refractivity contribution in [2.75, 3.05) is 5.73 Å². The van der Waals surface area contributed by atoms with Crippen molar-refractivity contribution in [3.8, 4) is 0 Å². The lowest BCUT2D eigenvalue weighted by molar-refractivity contribution is 0.335. The smallest absolute Gasteiger partial charge is 0.126 e. The van der Waals surface area contributed by atoms with E-state index in [0.717, 1.165) is 0 Å². The summed E-state index contributed by atoms with van der Waals surface area (Å²) in [6.07, 6.45) is -0.650. The summed E-state index contributed by atoms with van der Waals surface area (Å²) in [4.78, 5) is 0. The zero-order chi connectivity index (χ0) is 10.0. The normalized spacial score (nSPS) is 12.9. The Morgan fingerprint density at radius 1 is 1.62 bits per heavy atom. The Morgan fingerprint density at radius 2 is 2.23 bits per heavy atom. The van der Waals surface area contributed by atoms with Crippen LogP contribution in [-0.4, -0.2) is 0 Å². The van der Waals surface area contributed by atoms with Gasteiger partial charge >= 0.3 is 0 Å². The molecule has 72 valence electrons. The molecule has 1 aromatic rings. The Bertz CT molecular complexity index is 317. The molecular weight excluding hydrogens is 256 g/mol. The van der Waals surface area contributed by atoms with Gasteiger partial charge in [-0.1, -0.05) is 18.5 Å². The van der Waals surface area contributed by atoms with Crippen molar-refractivity contribution in [3.63, 3.8) is 0 Å². The fraction of sp³-hybridized carbons (Fsp3) is 0.333. The number of hydrogen-bond acceptors (Lipinski definition) is 1. The molecule has 0 spiro atoms. The van der Waals surface area contributed by atoms with E-state index in [9.17, 15) is 4.39 Å². The summed E-state index contributed by atoms with van der Waals surface area (Å²) >= 11 is 9.11. The highest BCUT2D eigenvalue weighted by Crippen LogP contribution is 2.35. The minimum atomic E-state index is -1.05. The summed E-state index contributed by atoms with van der Waals surface area (Å²) in [6.45, 7) is 1.76. The van der Waals surface area contributed by atoms with Gasteiger partial charge in [-0.25, -0.2) is 4.39 Å². The van der Waals surface area contributed by atoms with Gasteiger partial charge in [0.05, 0.1) is 5.02 Å². The first-order valence-corrected chi connectivity index (χ1v) is 5.11. The standard InChI is InChI=1S/C9H10BrClFN/c1-2-8(12)6-3-5(13)4-7(10)9(6)11/h3-4,8H,2,13H2,1H3. The van der Waals surface area contributed by atoms with Crippen LogP contribution in [0.4, 0.5) is 10.1 Å². The van der Waals surface area contributed by atoms with Crippen molar-refractivity contribution in [2.24, 2.45) is 0 Å². The van der Waals surface area contributed by atoms with Crippen LogP contribution >= 0.6 is 27.5 Å². The van der Waals surface area contributed by atoms with Crippen LogP contribution in [0.25, 0.3) is 0 Å². The van der Waals surface area contributed by atoms with Crippen LogP contribution in [0.3, 0.4) is 0 Å². The molecule has 1 nitrogen and oxygen atoms in total. The van der Waals surface area contributed by atoms with Crippen molar-refractivity contribution in [2.45, 2.75) is 19.5 Å². The highest BCUT2D eigenvalue weighted by atomic mass is 79.9. The number of hydrogen-bond donors (Lipinski definition) is 1. The molecule has 0 heterocycles. The van der Waals surface area contributed by atoms with Crippen molar-refractivity contribution < 1.29 is 4.39 Å². The summed E-state index contributed by atoms with van der Waals surface area (Å²) in [6, 6.07) is 3.23. The average molecular weight is 267 g/mol. The first-order chi connectivity index (χ1) is 6.06. The summed E-state index contributed by atoms with van der Waals surface area (Å²) in [5.74, 6) is 0. The van der Waals surface area contributed by atoms with Gasteiger partial charge in [0.15, 0.2) is 0 Å². The van der Waals surface area contributed by atoms with Crippen LogP contribution in [0.2, 0.25) is 5.02 Å². The summed E-state index contributed by atoms with van der Waals surface area (Å²) in [5, 5.41) is 0.406. The topological polar surface area (TPSA) is 26.0 Å². The molecule has 0 aliphatic rings. The molecule has 0 bridgehead atoms. The lowest BCUT2D eigenvalue weighted by Crippen LogP contribution is -1.95. The molecular formula is C9H10BrClFN. The molecule has 0 aliphatic carbocycles. The number of anilines is 1. The fourth-order valence-corrected chi connectivity index (χ4v) is 1.80. The largest absolute Gasteiger partial charge is 0.399 e. The molecule has 0 radical (unpaired) electrons. The van der Waals surface area contributed by atoms with E-state index in [2.05, 4.69) is 15.9 Å². The van der Waals surface area contributed by atoms with E-state index in [4.69, 9.17) is 17.3 Å². The van der Waals surface area contributed by atoms with Gasteiger partial charge in [-0.2, -0.15) is 0 Å². The SMILES string of the molecule is CCC(F)c1cc(N)cc(Br)c1Cl. The van der Waals surface area contributed by atoms with E-state index in [1.165, 1.54) is 0 Å². The number of halogens is 3. The van der Waals surface area contributed by atoms with Crippen LogP contribution < -0.4 is 5.73 Å². The zero-order valence-electron chi connectivity index (χ0n) is 7.15. The van der Waals surface area contributed by atoms with Crippen LogP contribution in [-0.2, 0) is 0 Å². The minimum absolute atomic E-state index is 0.398. The molecule has 1 atom stereocenters. The number of rotatable bonds is 2. The third-order valence-electron chi connectivity index (χ3n) is 1.77. The highest BCUT2D eigenvalue weighted by molar-refractivity contribution is 9.10. The monoisotopic (exact) mass is 265 g/mol. The van der Waals surface area contributed by atoms with Gasteiger partial charge in [0.1, 0.15) is 6.17 Å². The Labute approximate surface area is 90.2 Å². The van der Waals surface area contributed by atoms with Gasteiger partial charge in [0.2, 0.25) is 0 Å². The summed E-state index contributed by atoms with van der Waals surface area (Å²) in [7, 11) is 0. The second kappa shape index (κ2) is 4.29. The number of alkyl halides is 1. The summed E-state index contributed by atoms with van der Waals surface area (Å²) < 4.78 is 14.0. The Balaban J connectivity index is 3.20. The van der Waals surface area contributed by atoms with E-state index >= 15 is 0 Å². The summed E-state index contributed by atoms with van der Waals surface area (Å²) in [5.41, 5.74) is 6.54. The molecule has 0 aromatic heterocycles. The van der Waals surface area contributed by atoms with E-state index < -0.39 is 6.17 Å². The highest BCUT2D eigenvalue weighted by Gasteiger charge is 2.14. The predicted octanol–water partition coefficient (Wildman–Crippen LogP) is 4.11. The molecule has 1 unspecified atom stereocenters. The van der Waals surface area contributed by atoms with Gasteiger partial charge in [0.25, 0.3) is 0 Å². The maximum absolute atomic E-state index is 13.3. The Morgan fingerprint density at radius 3 is 2.77 bits per heavy atom. The third-order valence-corrected chi connectivity index (χ3v) is 3.05. The molecule has 0 fully saturated rings. The zero-order valence-corrected chi connectivity index (χ0v) is 9.49. The van der Waals surface area contributed by atoms with Gasteiger partial charge < -0.3 is 5.73 Å². The number of nitrogens with two attached hydrogens (primary N) is 1. The second-order valence-electron chi connectivity index (χ2n) is 2.78. The molecule has 13 heavy (non-hydrogen) atoms. The Hall–Kier alpha value is -0.280. The maximum atomic E-state index is 13.3. The molecule has 0 saturated carbocycles. The number of benzene rings is 1. The maximum Gasteiger partial charge on any atom is 0.126 e. The lowest BCUT2D eigenvalue weighted by Gasteiger charge is -2.10. The third kappa shape index (κ3) is 2.35. The van der Waals surface area contributed by atoms with Crippen molar-refractivity contribution in [1.82, 2.24) is 0 Å². The fourth-order valence-electron chi connectivity index (χ4n) is 1.08. The van der Waals surface area contributed by atoms with Gasteiger partial charge in [-0.05, 0) is 34.5 Å². The van der Waals surface area contributed by atoms with E-state index in [-0.39, 0.29) is 0 Å². The number of nitrogen functional groups attached to an aromatic ring is 1. The molecule has 0 saturated heterocycles. The van der Waals surface area contributed by atoms with Crippen LogP contribution in [0, 0.1) is 0 Å². The first-order valence-electron chi connectivity index (χ1n) is 3.94. The minimum Gasteiger partial charge on any atom is -0.399 e. The second-order valence-corrected chi connectivity index (χ2v) is 4.01. The molecule has 2 N–H and O–H groups in total. The lowest BCUT2D eigenvalue weighted by atomic mass is 10.1. The van der Waals surface area contributed by atoms with E-state index in [1.807, 2.05) is 0 Å².